The Bertz CT molecular complexity index is 771. The summed E-state index contributed by atoms with van der Waals surface area (Å²) in [5.41, 5.74) is 4.46. The van der Waals surface area contributed by atoms with E-state index >= 15 is 0 Å². The van der Waals surface area contributed by atoms with Gasteiger partial charge < -0.3 is 5.32 Å². The molecule has 22 heavy (non-hydrogen) atoms. The van der Waals surface area contributed by atoms with Gasteiger partial charge in [-0.2, -0.15) is 5.10 Å². The minimum atomic E-state index is 0.674. The maximum atomic E-state index is 4.40. The summed E-state index contributed by atoms with van der Waals surface area (Å²) in [6.45, 7) is 0.729. The maximum Gasteiger partial charge on any atom is 0.0926 e. The van der Waals surface area contributed by atoms with E-state index < -0.39 is 0 Å². The molecular weight excluding hydrogens is 278 g/mol. The van der Waals surface area contributed by atoms with Crippen molar-refractivity contribution in [3.63, 3.8) is 0 Å². The second-order valence-electron chi connectivity index (χ2n) is 5.55. The van der Waals surface area contributed by atoms with Crippen molar-refractivity contribution in [1.29, 1.82) is 0 Å². The Labute approximate surface area is 128 Å². The lowest BCUT2D eigenvalue weighted by molar-refractivity contribution is 0.710. The molecule has 0 atom stereocenters. The standard InChI is InChI=1S/C15H17N7/c1-21-15(11-2-3-11)12(9-19-21)8-17-13-10-16-5-4-14(13)22-7-6-18-20-22/h4-7,9-11,17H,2-3,8H2,1H3. The minimum absolute atomic E-state index is 0.674. The van der Waals surface area contributed by atoms with Crippen molar-refractivity contribution in [2.45, 2.75) is 25.3 Å². The molecule has 0 radical (unpaired) electrons. The second-order valence-corrected chi connectivity index (χ2v) is 5.55. The van der Waals surface area contributed by atoms with Gasteiger partial charge in [0.25, 0.3) is 0 Å². The number of aryl methyl sites for hydroxylation is 1. The molecule has 0 saturated heterocycles. The summed E-state index contributed by atoms with van der Waals surface area (Å²) in [7, 11) is 2.02. The zero-order valence-electron chi connectivity index (χ0n) is 12.3. The Morgan fingerprint density at radius 1 is 1.27 bits per heavy atom. The first-order valence-corrected chi connectivity index (χ1v) is 7.38. The summed E-state index contributed by atoms with van der Waals surface area (Å²) in [4.78, 5) is 4.20. The first kappa shape index (κ1) is 13.0. The van der Waals surface area contributed by atoms with Crippen LogP contribution in [-0.2, 0) is 13.6 Å². The fraction of sp³-hybridized carbons (Fsp3) is 0.333. The van der Waals surface area contributed by atoms with Gasteiger partial charge in [-0.25, -0.2) is 4.68 Å². The lowest BCUT2D eigenvalue weighted by atomic mass is 10.1. The van der Waals surface area contributed by atoms with Crippen LogP contribution >= 0.6 is 0 Å². The summed E-state index contributed by atoms with van der Waals surface area (Å²) < 4.78 is 3.73. The fourth-order valence-corrected chi connectivity index (χ4v) is 2.76. The number of nitrogens with one attached hydrogen (secondary N) is 1. The summed E-state index contributed by atoms with van der Waals surface area (Å²) in [5.74, 6) is 0.674. The van der Waals surface area contributed by atoms with Gasteiger partial charge in [0.1, 0.15) is 0 Å². The first-order valence-electron chi connectivity index (χ1n) is 7.38. The van der Waals surface area contributed by atoms with Gasteiger partial charge in [-0.15, -0.1) is 5.10 Å². The average Bonchev–Trinajstić information content (AvgIpc) is 3.09. The molecule has 0 unspecified atom stereocenters. The van der Waals surface area contributed by atoms with Crippen molar-refractivity contribution in [3.05, 3.63) is 48.3 Å². The van der Waals surface area contributed by atoms with Crippen LogP contribution in [0.15, 0.2) is 37.1 Å². The third-order valence-corrected chi connectivity index (χ3v) is 3.97. The monoisotopic (exact) mass is 295 g/mol. The topological polar surface area (TPSA) is 73.5 Å². The number of rotatable bonds is 5. The van der Waals surface area contributed by atoms with Crippen LogP contribution in [0.1, 0.15) is 30.0 Å². The van der Waals surface area contributed by atoms with Gasteiger partial charge in [0.2, 0.25) is 0 Å². The SMILES string of the molecule is Cn1ncc(CNc2cnccc2-n2ccnn2)c1C1CC1. The zero-order valence-corrected chi connectivity index (χ0v) is 12.3. The highest BCUT2D eigenvalue weighted by molar-refractivity contribution is 5.59. The molecule has 3 aromatic heterocycles. The number of hydrogen-bond acceptors (Lipinski definition) is 5. The fourth-order valence-electron chi connectivity index (χ4n) is 2.76. The molecule has 112 valence electrons. The molecule has 4 rings (SSSR count). The molecule has 3 heterocycles. The van der Waals surface area contributed by atoms with Crippen LogP contribution in [0.25, 0.3) is 5.69 Å². The molecule has 0 spiro atoms. The van der Waals surface area contributed by atoms with Crippen molar-refractivity contribution >= 4 is 5.69 Å². The average molecular weight is 295 g/mol. The van der Waals surface area contributed by atoms with E-state index in [1.54, 1.807) is 17.1 Å². The van der Waals surface area contributed by atoms with E-state index in [4.69, 9.17) is 0 Å². The van der Waals surface area contributed by atoms with E-state index in [0.717, 1.165) is 17.9 Å². The van der Waals surface area contributed by atoms with E-state index in [-0.39, 0.29) is 0 Å². The molecular formula is C15H17N7. The van der Waals surface area contributed by atoms with Crippen LogP contribution in [0.3, 0.4) is 0 Å². The van der Waals surface area contributed by atoms with Gasteiger partial charge in [0, 0.05) is 37.0 Å². The van der Waals surface area contributed by atoms with Crippen molar-refractivity contribution in [1.82, 2.24) is 29.8 Å². The molecule has 0 aromatic carbocycles. The third kappa shape index (κ3) is 2.34. The molecule has 7 heteroatoms. The minimum Gasteiger partial charge on any atom is -0.378 e. The highest BCUT2D eigenvalue weighted by Crippen LogP contribution is 2.41. The van der Waals surface area contributed by atoms with Crippen LogP contribution in [0.4, 0.5) is 5.69 Å². The van der Waals surface area contributed by atoms with Gasteiger partial charge in [0.15, 0.2) is 0 Å². The van der Waals surface area contributed by atoms with Gasteiger partial charge >= 0.3 is 0 Å². The van der Waals surface area contributed by atoms with Crippen LogP contribution in [0.2, 0.25) is 0 Å². The normalized spacial score (nSPS) is 14.2. The summed E-state index contributed by atoms with van der Waals surface area (Å²) in [5, 5.41) is 15.7. The molecule has 0 bridgehead atoms. The number of nitrogens with zero attached hydrogens (tertiary/aromatic N) is 6. The molecule has 7 nitrogen and oxygen atoms in total. The summed E-state index contributed by atoms with van der Waals surface area (Å²) >= 11 is 0. The van der Waals surface area contributed by atoms with Gasteiger partial charge in [-0.1, -0.05) is 5.21 Å². The van der Waals surface area contributed by atoms with E-state index in [9.17, 15) is 0 Å². The predicted octanol–water partition coefficient (Wildman–Crippen LogP) is 1.89. The van der Waals surface area contributed by atoms with Crippen LogP contribution in [0.5, 0.6) is 0 Å². The molecule has 3 aromatic rings. The maximum absolute atomic E-state index is 4.40. The molecule has 1 fully saturated rings. The smallest absolute Gasteiger partial charge is 0.0926 e. The second kappa shape index (κ2) is 5.25. The van der Waals surface area contributed by atoms with Gasteiger partial charge in [-0.05, 0) is 18.9 Å². The Morgan fingerprint density at radius 3 is 2.95 bits per heavy atom. The van der Waals surface area contributed by atoms with E-state index in [1.165, 1.54) is 24.1 Å². The van der Waals surface area contributed by atoms with Crippen LogP contribution in [0, 0.1) is 0 Å². The quantitative estimate of drug-likeness (QED) is 0.778. The number of aromatic nitrogens is 6. The Hall–Kier alpha value is -2.70. The number of hydrogen-bond donors (Lipinski definition) is 1. The zero-order chi connectivity index (χ0) is 14.9. The lowest BCUT2D eigenvalue weighted by Gasteiger charge is -2.11. The summed E-state index contributed by atoms with van der Waals surface area (Å²) in [6.07, 6.45) is 11.5. The Morgan fingerprint density at radius 2 is 2.18 bits per heavy atom. The highest BCUT2D eigenvalue weighted by Gasteiger charge is 2.29. The molecule has 0 aliphatic heterocycles. The third-order valence-electron chi connectivity index (χ3n) is 3.97. The van der Waals surface area contributed by atoms with Crippen molar-refractivity contribution in [2.24, 2.45) is 7.05 Å². The molecule has 1 aliphatic rings. The summed E-state index contributed by atoms with van der Waals surface area (Å²) in [6, 6.07) is 1.92. The Kier molecular flexibility index (Phi) is 3.10. The molecule has 1 aliphatic carbocycles. The van der Waals surface area contributed by atoms with Crippen LogP contribution in [-0.4, -0.2) is 29.8 Å². The Balaban J connectivity index is 1.58. The highest BCUT2D eigenvalue weighted by atomic mass is 15.4. The largest absolute Gasteiger partial charge is 0.378 e. The van der Waals surface area contributed by atoms with Gasteiger partial charge in [-0.3, -0.25) is 9.67 Å². The van der Waals surface area contributed by atoms with Crippen molar-refractivity contribution in [3.8, 4) is 5.69 Å². The van der Waals surface area contributed by atoms with Crippen LogP contribution < -0.4 is 5.32 Å². The first-order chi connectivity index (χ1) is 10.8. The predicted molar refractivity (Wildman–Crippen MR) is 81.7 cm³/mol. The van der Waals surface area contributed by atoms with Crippen molar-refractivity contribution in [2.75, 3.05) is 5.32 Å². The van der Waals surface area contributed by atoms with E-state index in [1.807, 2.05) is 36.4 Å². The number of anilines is 1. The molecule has 0 amide bonds. The molecule has 1 saturated carbocycles. The lowest BCUT2D eigenvalue weighted by Crippen LogP contribution is -2.07. The number of pyridine rings is 1. The van der Waals surface area contributed by atoms with Crippen molar-refractivity contribution < 1.29 is 0 Å². The molecule has 1 N–H and O–H groups in total. The van der Waals surface area contributed by atoms with E-state index in [2.05, 4.69) is 25.7 Å². The van der Waals surface area contributed by atoms with E-state index in [0.29, 0.717) is 5.92 Å². The van der Waals surface area contributed by atoms with Gasteiger partial charge in [0.05, 0.1) is 36.2 Å².